The summed E-state index contributed by atoms with van der Waals surface area (Å²) in [5.74, 6) is 0.0801. The minimum absolute atomic E-state index is 0.0801. The van der Waals surface area contributed by atoms with Crippen molar-refractivity contribution in [3.8, 4) is 16.9 Å². The van der Waals surface area contributed by atoms with Crippen LogP contribution < -0.4 is 11.2 Å². The molecule has 0 radical (unpaired) electrons. The quantitative estimate of drug-likeness (QED) is 0.461. The predicted molar refractivity (Wildman–Crippen MR) is 85.6 cm³/mol. The molecule has 0 aliphatic rings. The Kier molecular flexibility index (Phi) is 4.84. The van der Waals surface area contributed by atoms with E-state index in [2.05, 4.69) is 10.5 Å². The van der Waals surface area contributed by atoms with Crippen LogP contribution in [0.15, 0.2) is 52.5 Å². The number of carbonyl (C=O) groups excluding carboxylic acids is 1. The van der Waals surface area contributed by atoms with Crippen LogP contribution in [0.3, 0.4) is 0 Å². The molecule has 0 atom stereocenters. The minimum Gasteiger partial charge on any atom is -0.507 e. The molecule has 0 saturated carbocycles. The van der Waals surface area contributed by atoms with Crippen molar-refractivity contribution in [2.45, 2.75) is 4.90 Å². The van der Waals surface area contributed by atoms with Crippen molar-refractivity contribution in [3.05, 3.63) is 48.0 Å². The second-order valence-corrected chi connectivity index (χ2v) is 5.12. The molecule has 0 saturated heterocycles. The molecule has 0 heterocycles. The van der Waals surface area contributed by atoms with Gasteiger partial charge in [0.2, 0.25) is 0 Å². The van der Waals surface area contributed by atoms with Crippen LogP contribution in [-0.2, 0) is 0 Å². The van der Waals surface area contributed by atoms with E-state index in [1.165, 1.54) is 11.1 Å². The largest absolute Gasteiger partial charge is 0.507 e. The summed E-state index contributed by atoms with van der Waals surface area (Å²) in [6, 6.07) is 12.6. The number of amides is 2. The summed E-state index contributed by atoms with van der Waals surface area (Å²) >= 11 is 1.68. The number of hydrazone groups is 1. The highest BCUT2D eigenvalue weighted by Gasteiger charge is 2.03. The van der Waals surface area contributed by atoms with E-state index in [9.17, 15) is 9.90 Å². The molecule has 2 rings (SSSR count). The lowest BCUT2D eigenvalue weighted by atomic mass is 10.0. The SMILES string of the molecule is CSc1ccc(-c2ccc(C=NNC(N)=O)c(O)c2)cc1. The van der Waals surface area contributed by atoms with Gasteiger partial charge in [0.05, 0.1) is 6.21 Å². The number of rotatable bonds is 4. The fourth-order valence-electron chi connectivity index (χ4n) is 1.78. The molecule has 0 aliphatic carbocycles. The standard InChI is InChI=1S/C15H15N3O2S/c1-21-13-6-4-10(5-7-13)11-2-3-12(14(19)8-11)9-17-18-15(16)20/h2-9,19H,1H3,(H3,16,18,20). The number of benzene rings is 2. The van der Waals surface area contributed by atoms with E-state index in [1.807, 2.05) is 36.6 Å². The summed E-state index contributed by atoms with van der Waals surface area (Å²) in [5, 5.41) is 13.6. The van der Waals surface area contributed by atoms with Gasteiger partial charge in [-0.05, 0) is 41.6 Å². The number of hydrogen-bond acceptors (Lipinski definition) is 4. The van der Waals surface area contributed by atoms with Gasteiger partial charge in [-0.1, -0.05) is 18.2 Å². The van der Waals surface area contributed by atoms with Crippen LogP contribution in [0, 0.1) is 0 Å². The third-order valence-corrected chi connectivity index (χ3v) is 3.58. The highest BCUT2D eigenvalue weighted by Crippen LogP contribution is 2.27. The first-order valence-corrected chi connectivity index (χ1v) is 7.38. The van der Waals surface area contributed by atoms with Crippen molar-refractivity contribution in [1.29, 1.82) is 0 Å². The molecule has 0 aromatic heterocycles. The zero-order chi connectivity index (χ0) is 15.2. The van der Waals surface area contributed by atoms with Crippen molar-refractivity contribution >= 4 is 24.0 Å². The van der Waals surface area contributed by atoms with Crippen LogP contribution >= 0.6 is 11.8 Å². The molecular formula is C15H15N3O2S. The van der Waals surface area contributed by atoms with Gasteiger partial charge in [0.25, 0.3) is 0 Å². The van der Waals surface area contributed by atoms with Crippen molar-refractivity contribution in [1.82, 2.24) is 5.43 Å². The van der Waals surface area contributed by atoms with E-state index in [-0.39, 0.29) is 5.75 Å². The Morgan fingerprint density at radius 3 is 2.48 bits per heavy atom. The smallest absolute Gasteiger partial charge is 0.332 e. The van der Waals surface area contributed by atoms with Crippen molar-refractivity contribution in [3.63, 3.8) is 0 Å². The number of thioether (sulfide) groups is 1. The minimum atomic E-state index is -0.753. The van der Waals surface area contributed by atoms with Crippen molar-refractivity contribution in [2.24, 2.45) is 10.8 Å². The fraction of sp³-hybridized carbons (Fsp3) is 0.0667. The summed E-state index contributed by atoms with van der Waals surface area (Å²) in [5.41, 5.74) is 9.38. The van der Waals surface area contributed by atoms with Gasteiger partial charge in [-0.2, -0.15) is 5.10 Å². The number of nitrogens with two attached hydrogens (primary N) is 1. The molecule has 21 heavy (non-hydrogen) atoms. The van der Waals surface area contributed by atoms with E-state index in [0.717, 1.165) is 11.1 Å². The van der Waals surface area contributed by atoms with E-state index in [1.54, 1.807) is 23.9 Å². The Balaban J connectivity index is 2.21. The number of nitrogens with zero attached hydrogens (tertiary/aromatic N) is 1. The monoisotopic (exact) mass is 301 g/mol. The maximum atomic E-state index is 10.5. The molecule has 5 nitrogen and oxygen atoms in total. The zero-order valence-corrected chi connectivity index (χ0v) is 12.2. The fourth-order valence-corrected chi connectivity index (χ4v) is 2.19. The summed E-state index contributed by atoms with van der Waals surface area (Å²) in [6.45, 7) is 0. The number of hydrogen-bond donors (Lipinski definition) is 3. The Morgan fingerprint density at radius 1 is 1.24 bits per heavy atom. The maximum Gasteiger partial charge on any atom is 0.332 e. The molecule has 4 N–H and O–H groups in total. The third kappa shape index (κ3) is 4.00. The molecule has 108 valence electrons. The van der Waals surface area contributed by atoms with Gasteiger partial charge >= 0.3 is 6.03 Å². The number of carbonyl (C=O) groups is 1. The summed E-state index contributed by atoms with van der Waals surface area (Å²) in [6.07, 6.45) is 3.36. The number of aromatic hydroxyl groups is 1. The number of primary amides is 1. The summed E-state index contributed by atoms with van der Waals surface area (Å²) in [7, 11) is 0. The van der Waals surface area contributed by atoms with Gasteiger partial charge in [-0.15, -0.1) is 11.8 Å². The highest BCUT2D eigenvalue weighted by molar-refractivity contribution is 7.98. The molecular weight excluding hydrogens is 286 g/mol. The average molecular weight is 301 g/mol. The first kappa shape index (κ1) is 14.9. The lowest BCUT2D eigenvalue weighted by molar-refractivity contribution is 0.249. The normalized spacial score (nSPS) is 10.7. The Labute approximate surface area is 126 Å². The van der Waals surface area contributed by atoms with Gasteiger partial charge in [-0.3, -0.25) is 0 Å². The second-order valence-electron chi connectivity index (χ2n) is 4.24. The lowest BCUT2D eigenvalue weighted by Crippen LogP contribution is -2.24. The molecule has 0 bridgehead atoms. The average Bonchev–Trinajstić information content (AvgIpc) is 2.48. The second kappa shape index (κ2) is 6.81. The molecule has 0 unspecified atom stereocenters. The van der Waals surface area contributed by atoms with Gasteiger partial charge in [-0.25, -0.2) is 10.2 Å². The molecule has 0 spiro atoms. The van der Waals surface area contributed by atoms with E-state index in [0.29, 0.717) is 5.56 Å². The third-order valence-electron chi connectivity index (χ3n) is 2.83. The Morgan fingerprint density at radius 2 is 1.90 bits per heavy atom. The van der Waals surface area contributed by atoms with Gasteiger partial charge in [0, 0.05) is 10.5 Å². The van der Waals surface area contributed by atoms with E-state index >= 15 is 0 Å². The molecule has 2 aromatic carbocycles. The van der Waals surface area contributed by atoms with Crippen LogP contribution in [-0.4, -0.2) is 23.6 Å². The predicted octanol–water partition coefficient (Wildman–Crippen LogP) is 2.78. The topological polar surface area (TPSA) is 87.7 Å². The zero-order valence-electron chi connectivity index (χ0n) is 11.4. The first-order valence-electron chi connectivity index (χ1n) is 6.16. The number of urea groups is 1. The summed E-state index contributed by atoms with van der Waals surface area (Å²) in [4.78, 5) is 11.7. The first-order chi connectivity index (χ1) is 10.1. The molecule has 0 aliphatic heterocycles. The van der Waals surface area contributed by atoms with E-state index < -0.39 is 6.03 Å². The van der Waals surface area contributed by atoms with Crippen LogP contribution in [0.2, 0.25) is 0 Å². The Bertz CT molecular complexity index is 669. The van der Waals surface area contributed by atoms with Crippen LogP contribution in [0.25, 0.3) is 11.1 Å². The molecule has 2 aromatic rings. The highest BCUT2D eigenvalue weighted by atomic mass is 32.2. The van der Waals surface area contributed by atoms with Crippen molar-refractivity contribution < 1.29 is 9.90 Å². The molecule has 0 fully saturated rings. The lowest BCUT2D eigenvalue weighted by Gasteiger charge is -2.05. The number of phenolic OH excluding ortho intramolecular Hbond substituents is 1. The number of phenols is 1. The van der Waals surface area contributed by atoms with Crippen molar-refractivity contribution in [2.75, 3.05) is 6.26 Å². The summed E-state index contributed by atoms with van der Waals surface area (Å²) < 4.78 is 0. The van der Waals surface area contributed by atoms with Gasteiger partial charge in [0.15, 0.2) is 0 Å². The molecule has 6 heteroatoms. The number of nitrogens with one attached hydrogen (secondary N) is 1. The van der Waals surface area contributed by atoms with Gasteiger partial charge < -0.3 is 10.8 Å². The van der Waals surface area contributed by atoms with Crippen LogP contribution in [0.1, 0.15) is 5.56 Å². The van der Waals surface area contributed by atoms with Crippen LogP contribution in [0.5, 0.6) is 5.75 Å². The molecule has 2 amide bonds. The Hall–Kier alpha value is -2.47. The van der Waals surface area contributed by atoms with Crippen LogP contribution in [0.4, 0.5) is 4.79 Å². The van der Waals surface area contributed by atoms with E-state index in [4.69, 9.17) is 5.73 Å². The maximum absolute atomic E-state index is 10.5. The van der Waals surface area contributed by atoms with Gasteiger partial charge in [0.1, 0.15) is 5.75 Å².